The molecule has 0 saturated heterocycles. The number of amides is 1. The molecule has 5 rings (SSSR count). The molecule has 0 unspecified atom stereocenters. The normalized spacial score (nSPS) is 11.2. The van der Waals surface area contributed by atoms with Crippen LogP contribution in [0.4, 0.5) is 4.39 Å². The zero-order valence-electron chi connectivity index (χ0n) is 18.2. The Balaban J connectivity index is 1.91. The average molecular weight is 440 g/mol. The predicted molar refractivity (Wildman–Crippen MR) is 127 cm³/mol. The molecule has 5 nitrogen and oxygen atoms in total. The number of hydrogen-bond acceptors (Lipinski definition) is 3. The van der Waals surface area contributed by atoms with Crippen LogP contribution in [0, 0.1) is 5.82 Å². The van der Waals surface area contributed by atoms with Gasteiger partial charge in [0.2, 0.25) is 0 Å². The molecule has 33 heavy (non-hydrogen) atoms. The first kappa shape index (κ1) is 20.7. The van der Waals surface area contributed by atoms with Crippen molar-refractivity contribution in [3.05, 3.63) is 83.8 Å². The summed E-state index contributed by atoms with van der Waals surface area (Å²) in [5.41, 5.74) is 4.87. The Morgan fingerprint density at radius 2 is 1.85 bits per heavy atom. The molecule has 0 aliphatic rings. The highest BCUT2D eigenvalue weighted by atomic mass is 19.1. The van der Waals surface area contributed by atoms with Crippen molar-refractivity contribution in [1.82, 2.24) is 9.88 Å². The molecule has 1 amide bonds. The van der Waals surface area contributed by atoms with Gasteiger partial charge in [-0.05, 0) is 55.0 Å². The minimum absolute atomic E-state index is 0.296. The van der Waals surface area contributed by atoms with Crippen LogP contribution >= 0.6 is 0 Å². The van der Waals surface area contributed by atoms with Crippen LogP contribution in [-0.2, 0) is 6.54 Å². The minimum Gasteiger partial charge on any atom is -0.454 e. The van der Waals surface area contributed by atoms with Crippen LogP contribution in [0.15, 0.2) is 71.3 Å². The highest BCUT2D eigenvalue weighted by Crippen LogP contribution is 2.42. The van der Waals surface area contributed by atoms with Crippen molar-refractivity contribution in [3.63, 3.8) is 0 Å². The number of halogens is 1. The first-order valence-electron chi connectivity index (χ1n) is 10.7. The van der Waals surface area contributed by atoms with Crippen molar-refractivity contribution in [2.75, 3.05) is 7.05 Å². The van der Waals surface area contributed by atoms with Gasteiger partial charge in [0.1, 0.15) is 23.4 Å². The Bertz CT molecular complexity index is 1530. The molecule has 0 aliphatic carbocycles. The number of fused-ring (bicyclic) bond motifs is 3. The summed E-state index contributed by atoms with van der Waals surface area (Å²) in [6.07, 6.45) is 2.80. The lowest BCUT2D eigenvalue weighted by molar-refractivity contribution is 0.0964. The molecule has 164 valence electrons. The van der Waals surface area contributed by atoms with E-state index in [9.17, 15) is 14.0 Å². The van der Waals surface area contributed by atoms with Crippen molar-refractivity contribution < 1.29 is 18.4 Å². The van der Waals surface area contributed by atoms with Gasteiger partial charge in [-0.3, -0.25) is 9.59 Å². The molecule has 6 heteroatoms. The summed E-state index contributed by atoms with van der Waals surface area (Å²) in [5, 5.41) is 4.21. The third-order valence-corrected chi connectivity index (χ3v) is 5.93. The lowest BCUT2D eigenvalue weighted by Crippen LogP contribution is -2.18. The van der Waals surface area contributed by atoms with E-state index in [0.717, 1.165) is 34.9 Å². The summed E-state index contributed by atoms with van der Waals surface area (Å²) in [6, 6.07) is 17.2. The van der Waals surface area contributed by atoms with E-state index in [1.165, 1.54) is 12.1 Å². The summed E-state index contributed by atoms with van der Waals surface area (Å²) in [6.45, 7) is 2.79. The topological polar surface area (TPSA) is 64.2 Å². The number of benzene rings is 3. The maximum absolute atomic E-state index is 13.5. The number of nitrogens with one attached hydrogen (secondary N) is 1. The Morgan fingerprint density at radius 1 is 1.06 bits per heavy atom. The zero-order chi connectivity index (χ0) is 23.1. The minimum atomic E-state index is -0.365. The molecule has 0 fully saturated rings. The summed E-state index contributed by atoms with van der Waals surface area (Å²) < 4.78 is 22.0. The van der Waals surface area contributed by atoms with Crippen molar-refractivity contribution in [2.24, 2.45) is 0 Å². The first-order chi connectivity index (χ1) is 16.0. The second-order valence-electron chi connectivity index (χ2n) is 7.80. The Kier molecular flexibility index (Phi) is 5.05. The molecule has 0 bridgehead atoms. The fraction of sp³-hybridized carbons (Fsp3) is 0.111. The van der Waals surface area contributed by atoms with Crippen molar-refractivity contribution >= 4 is 34.1 Å². The van der Waals surface area contributed by atoms with Gasteiger partial charge in [-0.1, -0.05) is 18.2 Å². The monoisotopic (exact) mass is 440 g/mol. The van der Waals surface area contributed by atoms with Crippen LogP contribution in [0.25, 0.3) is 44.3 Å². The first-order valence-corrected chi connectivity index (χ1v) is 10.7. The number of carbonyl (C=O) groups is 2. The fourth-order valence-corrected chi connectivity index (χ4v) is 4.37. The second kappa shape index (κ2) is 8.06. The lowest BCUT2D eigenvalue weighted by Gasteiger charge is -2.10. The van der Waals surface area contributed by atoms with Crippen LogP contribution in [0.2, 0.25) is 0 Å². The summed E-state index contributed by atoms with van der Waals surface area (Å²) in [4.78, 5) is 24.4. The number of rotatable bonds is 5. The fourth-order valence-electron chi connectivity index (χ4n) is 4.37. The Hall–Kier alpha value is -4.19. The van der Waals surface area contributed by atoms with Crippen LogP contribution in [-0.4, -0.2) is 23.8 Å². The van der Waals surface area contributed by atoms with Gasteiger partial charge in [0, 0.05) is 47.3 Å². The van der Waals surface area contributed by atoms with E-state index in [4.69, 9.17) is 4.42 Å². The van der Waals surface area contributed by atoms with E-state index in [2.05, 4.69) is 16.8 Å². The average Bonchev–Trinajstić information content (AvgIpc) is 3.45. The van der Waals surface area contributed by atoms with Gasteiger partial charge in [-0.15, -0.1) is 0 Å². The van der Waals surface area contributed by atoms with E-state index in [0.29, 0.717) is 33.4 Å². The van der Waals surface area contributed by atoms with Crippen molar-refractivity contribution in [3.8, 4) is 22.5 Å². The third-order valence-electron chi connectivity index (χ3n) is 5.93. The molecule has 0 saturated carbocycles. The second-order valence-corrected chi connectivity index (χ2v) is 7.80. The maximum Gasteiger partial charge on any atom is 0.255 e. The van der Waals surface area contributed by atoms with Gasteiger partial charge in [-0.2, -0.15) is 0 Å². The number of aromatic nitrogens is 1. The molecule has 0 aliphatic heterocycles. The van der Waals surface area contributed by atoms with E-state index in [1.807, 2.05) is 36.5 Å². The molecule has 3 aromatic carbocycles. The van der Waals surface area contributed by atoms with Gasteiger partial charge < -0.3 is 14.3 Å². The molecule has 0 atom stereocenters. The quantitative estimate of drug-likeness (QED) is 0.338. The predicted octanol–water partition coefficient (Wildman–Crippen LogP) is 6.05. The van der Waals surface area contributed by atoms with E-state index in [-0.39, 0.29) is 11.7 Å². The van der Waals surface area contributed by atoms with Gasteiger partial charge >= 0.3 is 0 Å². The van der Waals surface area contributed by atoms with Gasteiger partial charge in [0.05, 0.1) is 11.1 Å². The standard InChI is InChI=1S/C27H21FN2O3/c1-3-30-12-11-20-24(30)21(18-6-4-5-16(13-18)15-31)14-22-23(27(32)29-2)25(33-26(20)22)17-7-9-19(28)10-8-17/h4-15H,3H2,1-2H3,(H,29,32). The van der Waals surface area contributed by atoms with Crippen LogP contribution in [0.1, 0.15) is 27.6 Å². The molecule has 2 heterocycles. The Morgan fingerprint density at radius 3 is 2.55 bits per heavy atom. The molecule has 5 aromatic rings. The summed E-state index contributed by atoms with van der Waals surface area (Å²) in [7, 11) is 1.57. The lowest BCUT2D eigenvalue weighted by atomic mass is 9.96. The molecular weight excluding hydrogens is 419 g/mol. The number of aryl methyl sites for hydroxylation is 1. The molecule has 0 radical (unpaired) electrons. The van der Waals surface area contributed by atoms with Gasteiger partial charge in [-0.25, -0.2) is 4.39 Å². The number of aldehydes is 1. The Labute approximate surface area is 189 Å². The number of nitrogens with zero attached hydrogens (tertiary/aromatic N) is 1. The number of hydrogen-bond donors (Lipinski definition) is 1. The van der Waals surface area contributed by atoms with E-state index >= 15 is 0 Å². The number of carbonyl (C=O) groups excluding carboxylic acids is 2. The van der Waals surface area contributed by atoms with E-state index < -0.39 is 0 Å². The zero-order valence-corrected chi connectivity index (χ0v) is 18.2. The summed E-state index contributed by atoms with van der Waals surface area (Å²) >= 11 is 0. The SMILES string of the molecule is CCn1ccc2c3oc(-c4ccc(F)cc4)c(C(=O)NC)c3cc(-c3cccc(C=O)c3)c21. The number of furan rings is 1. The van der Waals surface area contributed by atoms with Crippen LogP contribution in [0.3, 0.4) is 0 Å². The smallest absolute Gasteiger partial charge is 0.255 e. The highest BCUT2D eigenvalue weighted by molar-refractivity contribution is 6.19. The van der Waals surface area contributed by atoms with Gasteiger partial charge in [0.15, 0.2) is 0 Å². The molecule has 1 N–H and O–H groups in total. The third kappa shape index (κ3) is 3.31. The molecule has 2 aromatic heterocycles. The van der Waals surface area contributed by atoms with Crippen LogP contribution < -0.4 is 5.32 Å². The molecular formula is C27H21FN2O3. The van der Waals surface area contributed by atoms with Gasteiger partial charge in [0.25, 0.3) is 5.91 Å². The van der Waals surface area contributed by atoms with Crippen molar-refractivity contribution in [2.45, 2.75) is 13.5 Å². The van der Waals surface area contributed by atoms with E-state index in [1.54, 1.807) is 25.2 Å². The van der Waals surface area contributed by atoms with Crippen LogP contribution in [0.5, 0.6) is 0 Å². The maximum atomic E-state index is 13.5. The largest absolute Gasteiger partial charge is 0.454 e. The highest BCUT2D eigenvalue weighted by Gasteiger charge is 2.25. The van der Waals surface area contributed by atoms with Crippen molar-refractivity contribution in [1.29, 1.82) is 0 Å². The molecule has 0 spiro atoms. The summed E-state index contributed by atoms with van der Waals surface area (Å²) in [5.74, 6) is -0.278.